The van der Waals surface area contributed by atoms with Crippen molar-refractivity contribution < 1.29 is 4.79 Å². The van der Waals surface area contributed by atoms with E-state index in [1.54, 1.807) is 34.8 Å². The molecule has 0 aliphatic rings. The second-order valence-corrected chi connectivity index (χ2v) is 7.90. The summed E-state index contributed by atoms with van der Waals surface area (Å²) >= 11 is 1.42. The third-order valence-electron chi connectivity index (χ3n) is 4.78. The van der Waals surface area contributed by atoms with Crippen LogP contribution in [0.4, 0.5) is 5.69 Å². The van der Waals surface area contributed by atoms with E-state index in [-0.39, 0.29) is 12.1 Å². The van der Waals surface area contributed by atoms with Crippen LogP contribution in [0.2, 0.25) is 0 Å². The van der Waals surface area contributed by atoms with Gasteiger partial charge in [0.05, 0.1) is 12.2 Å². The van der Waals surface area contributed by atoms with Crippen molar-refractivity contribution in [1.29, 1.82) is 0 Å². The lowest BCUT2D eigenvalue weighted by Crippen LogP contribution is -2.39. The van der Waals surface area contributed by atoms with Gasteiger partial charge in [0.2, 0.25) is 0 Å². The largest absolute Gasteiger partial charge is 0.328 e. The van der Waals surface area contributed by atoms with Crippen LogP contribution in [0.1, 0.15) is 15.2 Å². The minimum Gasteiger partial charge on any atom is -0.322 e. The van der Waals surface area contributed by atoms with Gasteiger partial charge in [0.25, 0.3) is 11.5 Å². The molecule has 0 saturated carbocycles. The standard InChI is InChI=1S/C21H15N7O3S/c29-19(16-10-22-21(31)27(20(16)30)11-15-5-2-8-32-15)24-14-4-1-3-13(9-14)17-6-7-18-25-23-12-28(18)26-17/h1-10,12H,11H2,(H,22,31)(H,24,29). The number of aromatic nitrogens is 6. The summed E-state index contributed by atoms with van der Waals surface area (Å²) in [7, 11) is 0. The van der Waals surface area contributed by atoms with Crippen LogP contribution < -0.4 is 16.6 Å². The molecular weight excluding hydrogens is 430 g/mol. The summed E-state index contributed by atoms with van der Waals surface area (Å²) < 4.78 is 2.56. The van der Waals surface area contributed by atoms with Crippen molar-refractivity contribution in [2.75, 3.05) is 5.32 Å². The molecule has 11 heteroatoms. The molecule has 0 saturated heterocycles. The highest BCUT2D eigenvalue weighted by atomic mass is 32.1. The number of benzene rings is 1. The van der Waals surface area contributed by atoms with Crippen LogP contribution in [0.25, 0.3) is 16.9 Å². The molecule has 0 bridgehead atoms. The molecule has 1 aromatic carbocycles. The molecule has 5 aromatic rings. The molecule has 0 aliphatic carbocycles. The molecule has 158 valence electrons. The quantitative estimate of drug-likeness (QED) is 0.426. The molecule has 0 unspecified atom stereocenters. The smallest absolute Gasteiger partial charge is 0.322 e. The van der Waals surface area contributed by atoms with Gasteiger partial charge in [0.1, 0.15) is 11.9 Å². The van der Waals surface area contributed by atoms with E-state index in [4.69, 9.17) is 0 Å². The number of hydrogen-bond donors (Lipinski definition) is 2. The van der Waals surface area contributed by atoms with Crippen LogP contribution in [0.15, 0.2) is 76.0 Å². The summed E-state index contributed by atoms with van der Waals surface area (Å²) in [6.07, 6.45) is 2.64. The first-order valence-corrected chi connectivity index (χ1v) is 10.4. The monoisotopic (exact) mass is 445 g/mol. The fraction of sp³-hybridized carbons (Fsp3) is 0.0476. The second-order valence-electron chi connectivity index (χ2n) is 6.87. The van der Waals surface area contributed by atoms with Gasteiger partial charge in [-0.1, -0.05) is 18.2 Å². The molecule has 4 heterocycles. The summed E-state index contributed by atoms with van der Waals surface area (Å²) in [6, 6.07) is 14.3. The van der Waals surface area contributed by atoms with E-state index in [2.05, 4.69) is 25.6 Å². The van der Waals surface area contributed by atoms with Crippen molar-refractivity contribution in [3.8, 4) is 11.3 Å². The molecule has 0 spiro atoms. The Bertz CT molecular complexity index is 1550. The van der Waals surface area contributed by atoms with Crippen LogP contribution in [-0.2, 0) is 6.54 Å². The minimum absolute atomic E-state index is 0.0969. The van der Waals surface area contributed by atoms with Gasteiger partial charge < -0.3 is 10.3 Å². The zero-order valence-electron chi connectivity index (χ0n) is 16.4. The van der Waals surface area contributed by atoms with Gasteiger partial charge in [0.15, 0.2) is 5.65 Å². The Hall–Kier alpha value is -4.38. The number of hydrogen-bond acceptors (Lipinski definition) is 7. The highest BCUT2D eigenvalue weighted by molar-refractivity contribution is 7.09. The van der Waals surface area contributed by atoms with Crippen LogP contribution >= 0.6 is 11.3 Å². The summed E-state index contributed by atoms with van der Waals surface area (Å²) in [4.78, 5) is 41.0. The van der Waals surface area contributed by atoms with E-state index < -0.39 is 17.2 Å². The Morgan fingerprint density at radius 3 is 2.88 bits per heavy atom. The fourth-order valence-corrected chi connectivity index (χ4v) is 3.91. The summed E-state index contributed by atoms with van der Waals surface area (Å²) in [6.45, 7) is 0.0969. The minimum atomic E-state index is -0.657. The number of carbonyl (C=O) groups is 1. The average Bonchev–Trinajstić information content (AvgIpc) is 3.48. The highest BCUT2D eigenvalue weighted by Crippen LogP contribution is 2.21. The van der Waals surface area contributed by atoms with Gasteiger partial charge in [-0.3, -0.25) is 14.2 Å². The first-order valence-electron chi connectivity index (χ1n) is 9.52. The van der Waals surface area contributed by atoms with Crippen molar-refractivity contribution in [2.45, 2.75) is 6.54 Å². The Balaban J connectivity index is 1.42. The number of thiophene rings is 1. The topological polar surface area (TPSA) is 127 Å². The van der Waals surface area contributed by atoms with E-state index in [0.29, 0.717) is 17.0 Å². The lowest BCUT2D eigenvalue weighted by atomic mass is 10.1. The SMILES string of the molecule is O=C(Nc1cccc(-c2ccc3nncn3n2)c1)c1c[nH]c(=O)n(Cc2cccs2)c1=O. The van der Waals surface area contributed by atoms with Crippen molar-refractivity contribution in [3.05, 3.63) is 97.7 Å². The molecule has 0 fully saturated rings. The molecular formula is C21H15N7O3S. The van der Waals surface area contributed by atoms with Gasteiger partial charge in [-0.15, -0.1) is 21.5 Å². The summed E-state index contributed by atoms with van der Waals surface area (Å²) in [5, 5.41) is 16.7. The molecule has 2 N–H and O–H groups in total. The Morgan fingerprint density at radius 1 is 1.12 bits per heavy atom. The van der Waals surface area contributed by atoms with Gasteiger partial charge in [0, 0.05) is 22.3 Å². The maximum Gasteiger partial charge on any atom is 0.328 e. The summed E-state index contributed by atoms with van der Waals surface area (Å²) in [5.41, 5.74) is 1.14. The number of anilines is 1. The van der Waals surface area contributed by atoms with Gasteiger partial charge in [-0.05, 0) is 35.7 Å². The maximum absolute atomic E-state index is 12.8. The molecule has 5 rings (SSSR count). The van der Waals surface area contributed by atoms with Gasteiger partial charge in [-0.25, -0.2) is 4.79 Å². The molecule has 32 heavy (non-hydrogen) atoms. The number of amides is 1. The number of rotatable bonds is 5. The highest BCUT2D eigenvalue weighted by Gasteiger charge is 2.16. The Labute approximate surface area is 183 Å². The molecule has 0 radical (unpaired) electrons. The summed E-state index contributed by atoms with van der Waals surface area (Å²) in [5.74, 6) is -0.620. The van der Waals surface area contributed by atoms with E-state index in [1.807, 2.05) is 23.6 Å². The Kier molecular flexibility index (Phi) is 4.92. The van der Waals surface area contributed by atoms with E-state index in [1.165, 1.54) is 17.7 Å². The zero-order chi connectivity index (χ0) is 22.1. The number of carbonyl (C=O) groups excluding carboxylic acids is 1. The van der Waals surface area contributed by atoms with Crippen LogP contribution in [-0.4, -0.2) is 35.3 Å². The molecule has 0 aliphatic heterocycles. The normalized spacial score (nSPS) is 11.0. The lowest BCUT2D eigenvalue weighted by Gasteiger charge is -2.09. The number of nitrogens with one attached hydrogen (secondary N) is 2. The number of H-pyrrole nitrogens is 1. The third kappa shape index (κ3) is 3.72. The average molecular weight is 445 g/mol. The van der Waals surface area contributed by atoms with Crippen LogP contribution in [0, 0.1) is 0 Å². The van der Waals surface area contributed by atoms with Crippen LogP contribution in [0.5, 0.6) is 0 Å². The van der Waals surface area contributed by atoms with Crippen molar-refractivity contribution in [3.63, 3.8) is 0 Å². The van der Waals surface area contributed by atoms with Gasteiger partial charge in [-0.2, -0.15) is 9.61 Å². The fourth-order valence-electron chi connectivity index (χ4n) is 3.21. The van der Waals surface area contributed by atoms with Crippen LogP contribution in [0.3, 0.4) is 0 Å². The first-order chi connectivity index (χ1) is 15.6. The second kappa shape index (κ2) is 8.04. The predicted octanol–water partition coefficient (Wildman–Crippen LogP) is 2.00. The van der Waals surface area contributed by atoms with E-state index >= 15 is 0 Å². The molecule has 10 nitrogen and oxygen atoms in total. The lowest BCUT2D eigenvalue weighted by molar-refractivity contribution is 0.102. The predicted molar refractivity (Wildman–Crippen MR) is 119 cm³/mol. The van der Waals surface area contributed by atoms with Gasteiger partial charge >= 0.3 is 5.69 Å². The number of fused-ring (bicyclic) bond motifs is 1. The zero-order valence-corrected chi connectivity index (χ0v) is 17.2. The molecule has 4 aromatic heterocycles. The molecule has 0 atom stereocenters. The number of nitrogens with zero attached hydrogens (tertiary/aromatic N) is 5. The van der Waals surface area contributed by atoms with Crippen molar-refractivity contribution >= 4 is 28.6 Å². The van der Waals surface area contributed by atoms with E-state index in [9.17, 15) is 14.4 Å². The van der Waals surface area contributed by atoms with Crippen molar-refractivity contribution in [1.82, 2.24) is 29.4 Å². The number of aromatic amines is 1. The van der Waals surface area contributed by atoms with E-state index in [0.717, 1.165) is 21.2 Å². The molecule has 1 amide bonds. The van der Waals surface area contributed by atoms with Crippen molar-refractivity contribution in [2.24, 2.45) is 0 Å². The third-order valence-corrected chi connectivity index (χ3v) is 5.64. The first kappa shape index (κ1) is 19.6. The Morgan fingerprint density at radius 2 is 2.03 bits per heavy atom. The maximum atomic E-state index is 12.8.